The van der Waals surface area contributed by atoms with Crippen molar-refractivity contribution >= 4 is 60.8 Å². The van der Waals surface area contributed by atoms with E-state index in [4.69, 9.17) is 0 Å². The van der Waals surface area contributed by atoms with Crippen LogP contribution in [0.15, 0.2) is 80.8 Å². The van der Waals surface area contributed by atoms with Gasteiger partial charge in [0, 0.05) is 8.96 Å². The smallest absolute Gasteiger partial charge is 0.244 e. The summed E-state index contributed by atoms with van der Waals surface area (Å²) in [6.45, 7) is 0. The normalized spacial score (nSPS) is 11.8. The van der Waals surface area contributed by atoms with Gasteiger partial charge in [-0.1, -0.05) is 76.6 Å². The van der Waals surface area contributed by atoms with Gasteiger partial charge in [0.25, 0.3) is 0 Å². The molecule has 3 aromatic rings. The molecule has 0 aromatic heterocycles. The number of hydrogen-bond acceptors (Lipinski definition) is 2. The fraction of sp³-hybridized carbons (Fsp3) is 0.0476. The molecular formula is C21H16Br2N2O. The van der Waals surface area contributed by atoms with Crippen LogP contribution < -0.4 is 5.43 Å². The molecule has 0 unspecified atom stereocenters. The molecule has 0 saturated carbocycles. The van der Waals surface area contributed by atoms with Gasteiger partial charge in [-0.3, -0.25) is 4.79 Å². The quantitative estimate of drug-likeness (QED) is 0.377. The Morgan fingerprint density at radius 3 is 2.42 bits per heavy atom. The van der Waals surface area contributed by atoms with E-state index in [0.717, 1.165) is 30.9 Å². The summed E-state index contributed by atoms with van der Waals surface area (Å²) in [6, 6.07) is 21.8. The van der Waals surface area contributed by atoms with Crippen molar-refractivity contribution in [2.45, 2.75) is 6.42 Å². The Balaban J connectivity index is 1.65. The van der Waals surface area contributed by atoms with Crippen molar-refractivity contribution in [1.29, 1.82) is 0 Å². The molecule has 0 bridgehead atoms. The maximum Gasteiger partial charge on any atom is 0.244 e. The highest BCUT2D eigenvalue weighted by Crippen LogP contribution is 2.27. The van der Waals surface area contributed by atoms with Crippen molar-refractivity contribution in [3.05, 3.63) is 86.8 Å². The number of fused-ring (bicyclic) bond motifs is 1. The number of amides is 1. The maximum absolute atomic E-state index is 12.2. The molecule has 26 heavy (non-hydrogen) atoms. The van der Waals surface area contributed by atoms with E-state index in [9.17, 15) is 4.79 Å². The van der Waals surface area contributed by atoms with E-state index in [-0.39, 0.29) is 12.3 Å². The molecule has 3 aromatic carbocycles. The Labute approximate surface area is 169 Å². The number of hydrazone groups is 1. The van der Waals surface area contributed by atoms with Crippen molar-refractivity contribution in [2.75, 3.05) is 0 Å². The van der Waals surface area contributed by atoms with E-state index < -0.39 is 0 Å². The van der Waals surface area contributed by atoms with Crippen molar-refractivity contribution < 1.29 is 4.79 Å². The van der Waals surface area contributed by atoms with E-state index in [1.165, 1.54) is 0 Å². The van der Waals surface area contributed by atoms with Gasteiger partial charge in [-0.15, -0.1) is 0 Å². The third kappa shape index (κ3) is 4.90. The lowest BCUT2D eigenvalue weighted by Crippen LogP contribution is -2.19. The van der Waals surface area contributed by atoms with Crippen LogP contribution in [0.1, 0.15) is 11.1 Å². The number of carbonyl (C=O) groups is 1. The Morgan fingerprint density at radius 1 is 0.962 bits per heavy atom. The molecule has 3 rings (SSSR count). The molecule has 0 aliphatic carbocycles. The molecule has 1 N–H and O–H groups in total. The average Bonchev–Trinajstić information content (AvgIpc) is 2.65. The summed E-state index contributed by atoms with van der Waals surface area (Å²) in [4.78, 5) is 12.2. The minimum atomic E-state index is -0.159. The second kappa shape index (κ2) is 8.92. The van der Waals surface area contributed by atoms with Crippen molar-refractivity contribution in [2.24, 2.45) is 5.10 Å². The number of allylic oxidation sites excluding steroid dienone is 1. The lowest BCUT2D eigenvalue weighted by Gasteiger charge is -2.07. The largest absolute Gasteiger partial charge is 0.273 e. The molecular weight excluding hydrogens is 456 g/mol. The summed E-state index contributed by atoms with van der Waals surface area (Å²) in [5.41, 5.74) is 4.60. The zero-order chi connectivity index (χ0) is 18.4. The molecule has 0 atom stereocenters. The van der Waals surface area contributed by atoms with E-state index in [1.54, 1.807) is 6.21 Å². The summed E-state index contributed by atoms with van der Waals surface area (Å²) in [6.07, 6.45) is 3.77. The maximum atomic E-state index is 12.2. The Bertz CT molecular complexity index is 982. The van der Waals surface area contributed by atoms with Crippen LogP contribution in [-0.2, 0) is 11.2 Å². The first-order valence-corrected chi connectivity index (χ1v) is 9.62. The number of rotatable bonds is 5. The Morgan fingerprint density at radius 2 is 1.65 bits per heavy atom. The van der Waals surface area contributed by atoms with Crippen LogP contribution in [-0.4, -0.2) is 12.1 Å². The second-order valence-corrected chi connectivity index (χ2v) is 7.43. The number of benzene rings is 3. The van der Waals surface area contributed by atoms with Crippen LogP contribution in [0, 0.1) is 0 Å². The summed E-state index contributed by atoms with van der Waals surface area (Å²) in [7, 11) is 0. The molecule has 0 heterocycles. The molecule has 0 radical (unpaired) electrons. The number of nitrogens with zero attached hydrogens (tertiary/aromatic N) is 1. The van der Waals surface area contributed by atoms with Crippen molar-refractivity contribution in [3.63, 3.8) is 0 Å². The highest BCUT2D eigenvalue weighted by molar-refractivity contribution is 9.12. The van der Waals surface area contributed by atoms with E-state index in [0.29, 0.717) is 0 Å². The minimum absolute atomic E-state index is 0.159. The topological polar surface area (TPSA) is 41.5 Å². The third-order valence-corrected chi connectivity index (χ3v) is 4.92. The van der Waals surface area contributed by atoms with Gasteiger partial charge in [0.05, 0.1) is 12.6 Å². The standard InChI is InChI=1S/C21H16Br2N2O/c22-17(12-15-6-2-1-3-7-15)14-24-25-21(26)13-16-10-11-20(23)19-9-5-4-8-18(16)19/h1-12,14H,13H2,(H,25,26)/b17-12-,24-14+. The van der Waals surface area contributed by atoms with Gasteiger partial charge in [-0.25, -0.2) is 5.43 Å². The zero-order valence-corrected chi connectivity index (χ0v) is 17.0. The van der Waals surface area contributed by atoms with Crippen molar-refractivity contribution in [3.8, 4) is 0 Å². The first-order valence-electron chi connectivity index (χ1n) is 8.04. The van der Waals surface area contributed by atoms with E-state index in [1.807, 2.05) is 72.8 Å². The van der Waals surface area contributed by atoms with Crippen LogP contribution in [0.2, 0.25) is 0 Å². The van der Waals surface area contributed by atoms with Crippen molar-refractivity contribution in [1.82, 2.24) is 5.43 Å². The van der Waals surface area contributed by atoms with Gasteiger partial charge >= 0.3 is 0 Å². The highest BCUT2D eigenvalue weighted by Gasteiger charge is 2.08. The van der Waals surface area contributed by atoms with Gasteiger partial charge in [0.2, 0.25) is 5.91 Å². The molecule has 0 fully saturated rings. The predicted octanol–water partition coefficient (Wildman–Crippen LogP) is 5.68. The number of hydrogen-bond donors (Lipinski definition) is 1. The molecule has 0 aliphatic heterocycles. The van der Waals surface area contributed by atoms with E-state index >= 15 is 0 Å². The Hall–Kier alpha value is -2.24. The molecule has 0 saturated heterocycles. The Kier molecular flexibility index (Phi) is 6.36. The fourth-order valence-corrected chi connectivity index (χ4v) is 3.45. The molecule has 5 heteroatoms. The zero-order valence-electron chi connectivity index (χ0n) is 13.8. The van der Waals surface area contributed by atoms with Crippen LogP contribution >= 0.6 is 31.9 Å². The van der Waals surface area contributed by atoms with Crippen LogP contribution in [0.3, 0.4) is 0 Å². The highest BCUT2D eigenvalue weighted by atomic mass is 79.9. The number of carbonyl (C=O) groups excluding carboxylic acids is 1. The predicted molar refractivity (Wildman–Crippen MR) is 115 cm³/mol. The molecule has 1 amide bonds. The first kappa shape index (κ1) is 18.5. The first-order chi connectivity index (χ1) is 12.6. The lowest BCUT2D eigenvalue weighted by atomic mass is 10.0. The van der Waals surface area contributed by atoms with Gasteiger partial charge in [0.15, 0.2) is 0 Å². The molecule has 0 aliphatic rings. The molecule has 130 valence electrons. The lowest BCUT2D eigenvalue weighted by molar-refractivity contribution is -0.120. The van der Waals surface area contributed by atoms with Crippen LogP contribution in [0.25, 0.3) is 16.8 Å². The molecule has 0 spiro atoms. The van der Waals surface area contributed by atoms with Gasteiger partial charge < -0.3 is 0 Å². The molecule has 3 nitrogen and oxygen atoms in total. The number of halogens is 2. The van der Waals surface area contributed by atoms with Crippen LogP contribution in [0.4, 0.5) is 0 Å². The summed E-state index contributed by atoms with van der Waals surface area (Å²) in [5, 5.41) is 6.17. The minimum Gasteiger partial charge on any atom is -0.273 e. The fourth-order valence-electron chi connectivity index (χ4n) is 2.60. The number of nitrogens with one attached hydrogen (secondary N) is 1. The summed E-state index contributed by atoms with van der Waals surface area (Å²) < 4.78 is 1.79. The summed E-state index contributed by atoms with van der Waals surface area (Å²) >= 11 is 6.97. The SMILES string of the molecule is O=C(Cc1ccc(Br)c2ccccc12)N/N=C/C(Br)=C/c1ccccc1. The van der Waals surface area contributed by atoms with Gasteiger partial charge in [0.1, 0.15) is 0 Å². The average molecular weight is 472 g/mol. The van der Waals surface area contributed by atoms with Gasteiger partial charge in [-0.2, -0.15) is 5.10 Å². The monoisotopic (exact) mass is 470 g/mol. The van der Waals surface area contributed by atoms with E-state index in [2.05, 4.69) is 42.4 Å². The summed E-state index contributed by atoms with van der Waals surface area (Å²) in [5.74, 6) is -0.159. The van der Waals surface area contributed by atoms with Crippen LogP contribution in [0.5, 0.6) is 0 Å². The third-order valence-electron chi connectivity index (χ3n) is 3.79. The van der Waals surface area contributed by atoms with Gasteiger partial charge in [-0.05, 0) is 50.0 Å². The second-order valence-electron chi connectivity index (χ2n) is 5.66.